The molecule has 1 aliphatic rings. The number of ether oxygens (including phenoxy) is 1. The van der Waals surface area contributed by atoms with E-state index in [1.165, 1.54) is 22.1 Å². The SMILES string of the molecule is CCOC(=O)Nc1cn(CC(=O)Nc2ccc3c(c2)CCCN3C)nn1. The summed E-state index contributed by atoms with van der Waals surface area (Å²) in [4.78, 5) is 25.8. The molecule has 0 unspecified atom stereocenters. The van der Waals surface area contributed by atoms with Gasteiger partial charge >= 0.3 is 6.09 Å². The summed E-state index contributed by atoms with van der Waals surface area (Å²) in [7, 11) is 2.07. The highest BCUT2D eigenvalue weighted by molar-refractivity contribution is 5.91. The summed E-state index contributed by atoms with van der Waals surface area (Å²) in [5, 5.41) is 12.9. The molecule has 1 aromatic heterocycles. The first-order valence-electron chi connectivity index (χ1n) is 8.53. The molecular weight excluding hydrogens is 336 g/mol. The number of nitrogens with zero attached hydrogens (tertiary/aromatic N) is 4. The molecule has 0 atom stereocenters. The second kappa shape index (κ2) is 7.85. The molecule has 0 radical (unpaired) electrons. The number of hydrogen-bond donors (Lipinski definition) is 2. The molecule has 2 heterocycles. The fourth-order valence-electron chi connectivity index (χ4n) is 2.92. The summed E-state index contributed by atoms with van der Waals surface area (Å²) in [6, 6.07) is 5.94. The molecule has 0 saturated heterocycles. The fraction of sp³-hybridized carbons (Fsp3) is 0.412. The molecule has 2 amide bonds. The molecule has 1 aliphatic heterocycles. The van der Waals surface area contributed by atoms with Crippen LogP contribution in [0.1, 0.15) is 18.9 Å². The predicted molar refractivity (Wildman–Crippen MR) is 97.3 cm³/mol. The van der Waals surface area contributed by atoms with Gasteiger partial charge in [0.2, 0.25) is 5.91 Å². The minimum atomic E-state index is -0.608. The van der Waals surface area contributed by atoms with Crippen molar-refractivity contribution in [2.45, 2.75) is 26.3 Å². The van der Waals surface area contributed by atoms with Gasteiger partial charge in [0, 0.05) is 25.0 Å². The van der Waals surface area contributed by atoms with Crippen LogP contribution in [-0.2, 0) is 22.5 Å². The maximum atomic E-state index is 12.2. The Labute approximate surface area is 151 Å². The summed E-state index contributed by atoms with van der Waals surface area (Å²) >= 11 is 0. The van der Waals surface area contributed by atoms with Gasteiger partial charge in [0.05, 0.1) is 12.8 Å². The summed E-state index contributed by atoms with van der Waals surface area (Å²) in [6.45, 7) is 3.01. The highest BCUT2D eigenvalue weighted by Crippen LogP contribution is 2.28. The second-order valence-electron chi connectivity index (χ2n) is 6.06. The van der Waals surface area contributed by atoms with Crippen molar-refractivity contribution in [3.05, 3.63) is 30.0 Å². The second-order valence-corrected chi connectivity index (χ2v) is 6.06. The lowest BCUT2D eigenvalue weighted by Gasteiger charge is -2.27. The molecule has 2 aromatic rings. The number of carbonyl (C=O) groups is 2. The van der Waals surface area contributed by atoms with Gasteiger partial charge in [-0.15, -0.1) is 5.10 Å². The summed E-state index contributed by atoms with van der Waals surface area (Å²) < 4.78 is 6.11. The zero-order valence-electron chi connectivity index (χ0n) is 14.9. The number of hydrogen-bond acceptors (Lipinski definition) is 6. The van der Waals surface area contributed by atoms with E-state index in [1.54, 1.807) is 6.92 Å². The van der Waals surface area contributed by atoms with E-state index < -0.39 is 6.09 Å². The van der Waals surface area contributed by atoms with Crippen LogP contribution in [0.3, 0.4) is 0 Å². The summed E-state index contributed by atoms with van der Waals surface area (Å²) in [6.07, 6.45) is 2.98. The molecule has 0 spiro atoms. The summed E-state index contributed by atoms with van der Waals surface area (Å²) in [5.74, 6) is 0.00904. The van der Waals surface area contributed by atoms with Crippen molar-refractivity contribution in [1.29, 1.82) is 0 Å². The molecule has 2 N–H and O–H groups in total. The van der Waals surface area contributed by atoms with E-state index in [0.29, 0.717) is 0 Å². The highest BCUT2D eigenvalue weighted by atomic mass is 16.5. The van der Waals surface area contributed by atoms with Crippen molar-refractivity contribution in [3.8, 4) is 0 Å². The Morgan fingerprint density at radius 1 is 1.31 bits per heavy atom. The molecule has 138 valence electrons. The third-order valence-electron chi connectivity index (χ3n) is 4.06. The molecule has 0 bridgehead atoms. The first kappa shape index (κ1) is 17.7. The number of aromatic nitrogens is 3. The monoisotopic (exact) mass is 358 g/mol. The molecule has 0 aliphatic carbocycles. The van der Waals surface area contributed by atoms with Crippen LogP contribution in [0.4, 0.5) is 22.0 Å². The number of rotatable bonds is 5. The number of anilines is 3. The predicted octanol–water partition coefficient (Wildman–Crippen LogP) is 1.87. The maximum absolute atomic E-state index is 12.2. The Kier molecular flexibility index (Phi) is 5.35. The van der Waals surface area contributed by atoms with Crippen LogP contribution < -0.4 is 15.5 Å². The van der Waals surface area contributed by atoms with Gasteiger partial charge in [-0.25, -0.2) is 9.48 Å². The van der Waals surface area contributed by atoms with Crippen LogP contribution in [0.15, 0.2) is 24.4 Å². The zero-order valence-corrected chi connectivity index (χ0v) is 14.9. The molecule has 1 aromatic carbocycles. The minimum Gasteiger partial charge on any atom is -0.450 e. The Morgan fingerprint density at radius 2 is 2.15 bits per heavy atom. The number of aryl methyl sites for hydroxylation is 1. The van der Waals surface area contributed by atoms with Gasteiger partial charge in [-0.1, -0.05) is 5.21 Å². The van der Waals surface area contributed by atoms with Gasteiger partial charge in [0.1, 0.15) is 6.54 Å². The molecule has 9 nitrogen and oxygen atoms in total. The first-order valence-corrected chi connectivity index (χ1v) is 8.53. The Morgan fingerprint density at radius 3 is 2.96 bits per heavy atom. The lowest BCUT2D eigenvalue weighted by Crippen LogP contribution is -2.25. The quantitative estimate of drug-likeness (QED) is 0.846. The normalized spacial score (nSPS) is 13.1. The number of amides is 2. The maximum Gasteiger partial charge on any atom is 0.412 e. The largest absolute Gasteiger partial charge is 0.450 e. The van der Waals surface area contributed by atoms with Crippen LogP contribution in [0, 0.1) is 0 Å². The van der Waals surface area contributed by atoms with Crippen molar-refractivity contribution in [2.24, 2.45) is 0 Å². The van der Waals surface area contributed by atoms with Crippen molar-refractivity contribution in [3.63, 3.8) is 0 Å². The molecule has 9 heteroatoms. The number of nitrogens with one attached hydrogen (secondary N) is 2. The van der Waals surface area contributed by atoms with Gasteiger partial charge < -0.3 is 15.0 Å². The van der Waals surface area contributed by atoms with Gasteiger partial charge in [-0.05, 0) is 43.5 Å². The fourth-order valence-corrected chi connectivity index (χ4v) is 2.92. The topological polar surface area (TPSA) is 101 Å². The zero-order chi connectivity index (χ0) is 18.5. The third-order valence-corrected chi connectivity index (χ3v) is 4.06. The van der Waals surface area contributed by atoms with E-state index in [-0.39, 0.29) is 24.9 Å². The standard InChI is InChI=1S/C17H22N6O3/c1-3-26-17(25)19-15-10-23(21-20-15)11-16(24)18-13-6-7-14-12(9-13)5-4-8-22(14)2/h6-7,9-10H,3-5,8,11H2,1-2H3,(H,18,24)(H,19,25). The highest BCUT2D eigenvalue weighted by Gasteiger charge is 2.15. The van der Waals surface area contributed by atoms with Crippen LogP contribution in [0.5, 0.6) is 0 Å². The average molecular weight is 358 g/mol. The smallest absolute Gasteiger partial charge is 0.412 e. The van der Waals surface area contributed by atoms with Gasteiger partial charge in [-0.2, -0.15) is 0 Å². The lowest BCUT2D eigenvalue weighted by atomic mass is 10.0. The van der Waals surface area contributed by atoms with Crippen LogP contribution in [0.2, 0.25) is 0 Å². The van der Waals surface area contributed by atoms with Crippen molar-refractivity contribution in [2.75, 3.05) is 35.7 Å². The van der Waals surface area contributed by atoms with E-state index in [9.17, 15) is 9.59 Å². The van der Waals surface area contributed by atoms with E-state index in [4.69, 9.17) is 4.74 Å². The minimum absolute atomic E-state index is 0.00546. The number of fused-ring (bicyclic) bond motifs is 1. The Bertz CT molecular complexity index is 804. The van der Waals surface area contributed by atoms with E-state index in [1.807, 2.05) is 18.2 Å². The van der Waals surface area contributed by atoms with E-state index in [0.717, 1.165) is 25.1 Å². The van der Waals surface area contributed by atoms with Crippen molar-refractivity contribution < 1.29 is 14.3 Å². The molecular formula is C17H22N6O3. The Balaban J connectivity index is 1.58. The van der Waals surface area contributed by atoms with Gasteiger partial charge in [0.15, 0.2) is 5.82 Å². The third kappa shape index (κ3) is 4.29. The molecule has 26 heavy (non-hydrogen) atoms. The van der Waals surface area contributed by atoms with Gasteiger partial charge in [0.25, 0.3) is 0 Å². The van der Waals surface area contributed by atoms with Crippen LogP contribution >= 0.6 is 0 Å². The number of benzene rings is 1. The van der Waals surface area contributed by atoms with Crippen molar-refractivity contribution in [1.82, 2.24) is 15.0 Å². The van der Waals surface area contributed by atoms with E-state index >= 15 is 0 Å². The summed E-state index contributed by atoms with van der Waals surface area (Å²) in [5.41, 5.74) is 3.20. The van der Waals surface area contributed by atoms with E-state index in [2.05, 4.69) is 32.9 Å². The number of carbonyl (C=O) groups excluding carboxylic acids is 2. The van der Waals surface area contributed by atoms with Crippen molar-refractivity contribution >= 4 is 29.2 Å². The average Bonchev–Trinajstić information content (AvgIpc) is 3.01. The lowest BCUT2D eigenvalue weighted by molar-refractivity contribution is -0.116. The van der Waals surface area contributed by atoms with Crippen LogP contribution in [0.25, 0.3) is 0 Å². The molecule has 0 saturated carbocycles. The first-order chi connectivity index (χ1) is 12.5. The van der Waals surface area contributed by atoms with Crippen LogP contribution in [-0.4, -0.2) is 47.2 Å². The molecule has 3 rings (SSSR count). The van der Waals surface area contributed by atoms with Gasteiger partial charge in [-0.3, -0.25) is 10.1 Å². The molecule has 0 fully saturated rings. The Hall–Kier alpha value is -3.10.